The molecule has 0 saturated heterocycles. The van der Waals surface area contributed by atoms with Gasteiger partial charge in [-0.05, 0) is 43.5 Å². The molecule has 3 rings (SSSR count). The van der Waals surface area contributed by atoms with Crippen LogP contribution in [0.5, 0.6) is 0 Å². The molecule has 0 saturated carbocycles. The van der Waals surface area contributed by atoms with Gasteiger partial charge in [0.2, 0.25) is 0 Å². The zero-order valence-electron chi connectivity index (χ0n) is 11.7. The van der Waals surface area contributed by atoms with E-state index in [9.17, 15) is 4.79 Å². The molecule has 0 bridgehead atoms. The largest absolute Gasteiger partial charge is 0.361 e. The van der Waals surface area contributed by atoms with E-state index in [1.165, 1.54) is 0 Å². The highest BCUT2D eigenvalue weighted by Crippen LogP contribution is 2.35. The van der Waals surface area contributed by atoms with Crippen LogP contribution in [0.1, 0.15) is 40.3 Å². The molecule has 0 unspecified atom stereocenters. The topological polar surface area (TPSA) is 46.3 Å². The minimum Gasteiger partial charge on any atom is -0.361 e. The third-order valence-electron chi connectivity index (χ3n) is 3.83. The van der Waals surface area contributed by atoms with E-state index < -0.39 is 0 Å². The normalized spacial score (nSPS) is 17.7. The van der Waals surface area contributed by atoms with Gasteiger partial charge in [-0.1, -0.05) is 28.4 Å². The molecule has 0 fully saturated rings. The maximum absolute atomic E-state index is 12.5. The molecule has 4 nitrogen and oxygen atoms in total. The molecule has 1 aliphatic rings. The van der Waals surface area contributed by atoms with Crippen molar-refractivity contribution in [1.82, 2.24) is 10.1 Å². The van der Waals surface area contributed by atoms with Crippen molar-refractivity contribution in [1.29, 1.82) is 0 Å². The number of rotatable bonds is 1. The van der Waals surface area contributed by atoms with Crippen LogP contribution in [0, 0.1) is 6.92 Å². The molecule has 1 aromatic carbocycles. The molecular formula is C15H14Cl2N2O2. The summed E-state index contributed by atoms with van der Waals surface area (Å²) < 4.78 is 4.98. The van der Waals surface area contributed by atoms with Gasteiger partial charge < -0.3 is 9.42 Å². The highest BCUT2D eigenvalue weighted by atomic mass is 35.5. The van der Waals surface area contributed by atoms with Crippen molar-refractivity contribution < 1.29 is 9.32 Å². The summed E-state index contributed by atoms with van der Waals surface area (Å²) in [5.74, 6) is 0.495. The average molecular weight is 325 g/mol. The molecule has 1 aliphatic heterocycles. The Morgan fingerprint density at radius 2 is 2.05 bits per heavy atom. The van der Waals surface area contributed by atoms with E-state index in [0.717, 1.165) is 17.5 Å². The number of aryl methyl sites for hydroxylation is 1. The van der Waals surface area contributed by atoms with Crippen LogP contribution in [-0.4, -0.2) is 22.5 Å². The molecule has 0 aliphatic carbocycles. The third kappa shape index (κ3) is 2.54. The summed E-state index contributed by atoms with van der Waals surface area (Å²) in [4.78, 5) is 14.3. The summed E-state index contributed by atoms with van der Waals surface area (Å²) in [5.41, 5.74) is 2.50. The molecule has 1 amide bonds. The summed E-state index contributed by atoms with van der Waals surface area (Å²) in [5, 5.41) is 4.86. The summed E-state index contributed by atoms with van der Waals surface area (Å²) in [7, 11) is 0. The van der Waals surface area contributed by atoms with Crippen LogP contribution in [0.25, 0.3) is 0 Å². The van der Waals surface area contributed by atoms with Crippen LogP contribution < -0.4 is 0 Å². The van der Waals surface area contributed by atoms with Crippen molar-refractivity contribution in [3.05, 3.63) is 50.8 Å². The monoisotopic (exact) mass is 324 g/mol. The molecule has 2 heterocycles. The van der Waals surface area contributed by atoms with Crippen molar-refractivity contribution in [2.45, 2.75) is 26.3 Å². The highest BCUT2D eigenvalue weighted by molar-refractivity contribution is 6.42. The van der Waals surface area contributed by atoms with E-state index in [1.807, 2.05) is 19.1 Å². The number of hydrogen-bond acceptors (Lipinski definition) is 3. The van der Waals surface area contributed by atoms with Crippen molar-refractivity contribution in [3.63, 3.8) is 0 Å². The van der Waals surface area contributed by atoms with Crippen LogP contribution in [0.2, 0.25) is 10.0 Å². The molecule has 1 atom stereocenters. The molecular weight excluding hydrogens is 311 g/mol. The molecule has 0 spiro atoms. The van der Waals surface area contributed by atoms with Gasteiger partial charge in [-0.3, -0.25) is 4.79 Å². The smallest absolute Gasteiger partial charge is 0.276 e. The van der Waals surface area contributed by atoms with Gasteiger partial charge >= 0.3 is 0 Å². The van der Waals surface area contributed by atoms with Crippen LogP contribution >= 0.6 is 23.2 Å². The second-order valence-electron chi connectivity index (χ2n) is 5.21. The Hall–Kier alpha value is -1.52. The van der Waals surface area contributed by atoms with Crippen molar-refractivity contribution >= 4 is 29.1 Å². The van der Waals surface area contributed by atoms with E-state index in [0.29, 0.717) is 28.0 Å². The fourth-order valence-electron chi connectivity index (χ4n) is 2.70. The quantitative estimate of drug-likeness (QED) is 0.795. The lowest BCUT2D eigenvalue weighted by Crippen LogP contribution is -2.39. The number of carbonyl (C=O) groups is 1. The lowest BCUT2D eigenvalue weighted by Gasteiger charge is -2.35. The average Bonchev–Trinajstić information content (AvgIpc) is 2.87. The summed E-state index contributed by atoms with van der Waals surface area (Å²) in [6.45, 7) is 4.37. The van der Waals surface area contributed by atoms with E-state index >= 15 is 0 Å². The van der Waals surface area contributed by atoms with Gasteiger partial charge in [-0.15, -0.1) is 0 Å². The van der Waals surface area contributed by atoms with E-state index in [1.54, 1.807) is 17.9 Å². The molecule has 6 heteroatoms. The lowest BCUT2D eigenvalue weighted by atomic mass is 9.93. The van der Waals surface area contributed by atoms with Gasteiger partial charge in [0.05, 0.1) is 16.1 Å². The second kappa shape index (κ2) is 5.35. The van der Waals surface area contributed by atoms with Gasteiger partial charge in [-0.25, -0.2) is 0 Å². The fraction of sp³-hybridized carbons (Fsp3) is 0.333. The summed E-state index contributed by atoms with van der Waals surface area (Å²) >= 11 is 12.2. The van der Waals surface area contributed by atoms with Gasteiger partial charge in [0.25, 0.3) is 5.91 Å². The zero-order valence-corrected chi connectivity index (χ0v) is 13.2. The Kier molecular flexibility index (Phi) is 3.68. The maximum Gasteiger partial charge on any atom is 0.276 e. The predicted molar refractivity (Wildman–Crippen MR) is 80.9 cm³/mol. The van der Waals surface area contributed by atoms with Crippen LogP contribution in [0.3, 0.4) is 0 Å². The Morgan fingerprint density at radius 1 is 1.33 bits per heavy atom. The number of nitrogens with zero attached hydrogens (tertiary/aromatic N) is 2. The van der Waals surface area contributed by atoms with Crippen molar-refractivity contribution in [2.75, 3.05) is 6.54 Å². The number of aromatic nitrogens is 1. The van der Waals surface area contributed by atoms with Crippen molar-refractivity contribution in [3.8, 4) is 0 Å². The van der Waals surface area contributed by atoms with Gasteiger partial charge in [0.15, 0.2) is 5.69 Å². The Labute approximate surface area is 132 Å². The number of halogens is 2. The highest BCUT2D eigenvalue weighted by Gasteiger charge is 2.30. The SMILES string of the molecule is Cc1cc(C(=O)N2CCc3cc(Cl)c(Cl)cc3[C@H]2C)no1. The number of hydrogen-bond donors (Lipinski definition) is 0. The van der Waals surface area contributed by atoms with Gasteiger partial charge in [0, 0.05) is 12.6 Å². The number of benzene rings is 1. The molecule has 0 radical (unpaired) electrons. The molecule has 110 valence electrons. The molecule has 1 aromatic heterocycles. The minimum absolute atomic E-state index is 0.0759. The number of fused-ring (bicyclic) bond motifs is 1. The standard InChI is InChI=1S/C15H14Cl2N2O2/c1-8-5-14(18-21-8)15(20)19-4-3-10-6-12(16)13(17)7-11(10)9(19)2/h5-7,9H,3-4H2,1-2H3/t9-/m1/s1. The minimum atomic E-state index is -0.129. The van der Waals surface area contributed by atoms with Crippen LogP contribution in [-0.2, 0) is 6.42 Å². The first-order valence-corrected chi connectivity index (χ1v) is 7.45. The first-order valence-electron chi connectivity index (χ1n) is 6.69. The van der Waals surface area contributed by atoms with E-state index in [-0.39, 0.29) is 11.9 Å². The fourth-order valence-corrected chi connectivity index (χ4v) is 3.06. The summed E-state index contributed by atoms with van der Waals surface area (Å²) in [6, 6.07) is 5.31. The summed E-state index contributed by atoms with van der Waals surface area (Å²) in [6.07, 6.45) is 0.749. The second-order valence-corrected chi connectivity index (χ2v) is 6.03. The molecule has 21 heavy (non-hydrogen) atoms. The van der Waals surface area contributed by atoms with Crippen LogP contribution in [0.15, 0.2) is 22.7 Å². The van der Waals surface area contributed by atoms with E-state index in [4.69, 9.17) is 27.7 Å². The number of amides is 1. The molecule has 2 aromatic rings. The van der Waals surface area contributed by atoms with Crippen molar-refractivity contribution in [2.24, 2.45) is 0 Å². The predicted octanol–water partition coefficient (Wildman–Crippen LogP) is 4.05. The van der Waals surface area contributed by atoms with Crippen LogP contribution in [0.4, 0.5) is 0 Å². The first-order chi connectivity index (χ1) is 9.97. The van der Waals surface area contributed by atoms with Gasteiger partial charge in [0.1, 0.15) is 5.76 Å². The Bertz CT molecular complexity index is 712. The Balaban J connectivity index is 1.93. The zero-order chi connectivity index (χ0) is 15.1. The third-order valence-corrected chi connectivity index (χ3v) is 4.55. The lowest BCUT2D eigenvalue weighted by molar-refractivity contribution is 0.0667. The molecule has 0 N–H and O–H groups in total. The van der Waals surface area contributed by atoms with Gasteiger partial charge in [-0.2, -0.15) is 0 Å². The first kappa shape index (κ1) is 14.4. The Morgan fingerprint density at radius 3 is 2.71 bits per heavy atom. The maximum atomic E-state index is 12.5. The van der Waals surface area contributed by atoms with E-state index in [2.05, 4.69) is 5.16 Å². The number of carbonyl (C=O) groups excluding carboxylic acids is 1.